The van der Waals surface area contributed by atoms with Gasteiger partial charge in [0, 0.05) is 0 Å². The van der Waals surface area contributed by atoms with Crippen LogP contribution in [0, 0.1) is 11.6 Å². The molecule has 2 aromatic carbocycles. The monoisotopic (exact) mass is 255 g/mol. The van der Waals surface area contributed by atoms with Gasteiger partial charge in [0.05, 0.1) is 10.7 Å². The zero-order valence-electron chi connectivity index (χ0n) is 8.58. The second kappa shape index (κ2) is 4.59. The molecule has 0 heterocycles. The van der Waals surface area contributed by atoms with Crippen molar-refractivity contribution in [2.24, 2.45) is 0 Å². The van der Waals surface area contributed by atoms with Gasteiger partial charge in [-0.1, -0.05) is 23.7 Å². The molecule has 0 atom stereocenters. The van der Waals surface area contributed by atoms with Crippen molar-refractivity contribution in [1.29, 1.82) is 0 Å². The lowest BCUT2D eigenvalue weighted by Gasteiger charge is -2.10. The van der Waals surface area contributed by atoms with Gasteiger partial charge in [0.25, 0.3) is 0 Å². The lowest BCUT2D eigenvalue weighted by atomic mass is 10.2. The van der Waals surface area contributed by atoms with E-state index in [1.165, 1.54) is 12.1 Å². The van der Waals surface area contributed by atoms with Crippen LogP contribution in [-0.2, 0) is 0 Å². The van der Waals surface area contributed by atoms with Gasteiger partial charge in [-0.25, -0.2) is 4.39 Å². The summed E-state index contributed by atoms with van der Waals surface area (Å²) in [6.45, 7) is 0. The molecule has 0 amide bonds. The van der Waals surface area contributed by atoms with E-state index < -0.39 is 11.6 Å². The second-order valence-corrected chi connectivity index (χ2v) is 3.72. The number of nitrogens with two attached hydrogens (primary N) is 1. The van der Waals surface area contributed by atoms with Crippen LogP contribution < -0.4 is 10.5 Å². The first kappa shape index (κ1) is 11.7. The van der Waals surface area contributed by atoms with Gasteiger partial charge in [-0.2, -0.15) is 4.39 Å². The maximum Gasteiger partial charge on any atom is 0.203 e. The smallest absolute Gasteiger partial charge is 0.203 e. The number of ether oxygens (including phenoxy) is 1. The number of para-hydroxylation sites is 1. The van der Waals surface area contributed by atoms with Crippen LogP contribution in [0.15, 0.2) is 36.4 Å². The molecule has 5 heteroatoms. The Bertz CT molecular complexity index is 560. The highest BCUT2D eigenvalue weighted by Crippen LogP contribution is 2.34. The van der Waals surface area contributed by atoms with Gasteiger partial charge < -0.3 is 10.5 Å². The van der Waals surface area contributed by atoms with Crippen LogP contribution in [0.25, 0.3) is 0 Å². The third kappa shape index (κ3) is 2.31. The Morgan fingerprint density at radius 2 is 1.76 bits per heavy atom. The normalized spacial score (nSPS) is 10.3. The van der Waals surface area contributed by atoms with Crippen molar-refractivity contribution in [1.82, 2.24) is 0 Å². The van der Waals surface area contributed by atoms with Crippen LogP contribution in [0.5, 0.6) is 11.5 Å². The average molecular weight is 256 g/mol. The number of nitrogen functional groups attached to an aromatic ring is 1. The topological polar surface area (TPSA) is 35.2 Å². The molecule has 0 aliphatic rings. The van der Waals surface area contributed by atoms with Crippen molar-refractivity contribution < 1.29 is 13.5 Å². The third-order valence-electron chi connectivity index (χ3n) is 2.13. The van der Waals surface area contributed by atoms with E-state index >= 15 is 0 Å². The standard InChI is InChI=1S/C12H8ClF2NO/c13-7-3-1-2-4-10(7)17-12-9(16)6-5-8(14)11(12)15/h1-6H,16H2. The van der Waals surface area contributed by atoms with Crippen molar-refractivity contribution in [2.75, 3.05) is 5.73 Å². The van der Waals surface area contributed by atoms with Crippen molar-refractivity contribution in [3.8, 4) is 11.5 Å². The van der Waals surface area contributed by atoms with Gasteiger partial charge in [-0.3, -0.25) is 0 Å². The highest BCUT2D eigenvalue weighted by molar-refractivity contribution is 6.32. The van der Waals surface area contributed by atoms with Crippen molar-refractivity contribution in [2.45, 2.75) is 0 Å². The maximum absolute atomic E-state index is 13.5. The van der Waals surface area contributed by atoms with Gasteiger partial charge in [0.15, 0.2) is 11.6 Å². The van der Waals surface area contributed by atoms with Crippen LogP contribution >= 0.6 is 11.6 Å². The zero-order chi connectivity index (χ0) is 12.4. The molecule has 0 unspecified atom stereocenters. The Labute approximate surface area is 102 Å². The SMILES string of the molecule is Nc1ccc(F)c(F)c1Oc1ccccc1Cl. The summed E-state index contributed by atoms with van der Waals surface area (Å²) < 4.78 is 31.7. The first-order valence-electron chi connectivity index (χ1n) is 4.75. The molecule has 0 saturated carbocycles. The molecule has 2 rings (SSSR count). The quantitative estimate of drug-likeness (QED) is 0.824. The average Bonchev–Trinajstić information content (AvgIpc) is 2.32. The number of benzene rings is 2. The first-order valence-corrected chi connectivity index (χ1v) is 5.13. The highest BCUT2D eigenvalue weighted by Gasteiger charge is 2.15. The fourth-order valence-electron chi connectivity index (χ4n) is 1.29. The minimum atomic E-state index is -1.13. The Hall–Kier alpha value is -1.81. The van der Waals surface area contributed by atoms with E-state index in [4.69, 9.17) is 22.1 Å². The molecule has 88 valence electrons. The van der Waals surface area contributed by atoms with Crippen LogP contribution in [0.2, 0.25) is 5.02 Å². The van der Waals surface area contributed by atoms with Crippen LogP contribution in [0.1, 0.15) is 0 Å². The van der Waals surface area contributed by atoms with Crippen molar-refractivity contribution >= 4 is 17.3 Å². The molecule has 2 aromatic rings. The highest BCUT2D eigenvalue weighted by atomic mass is 35.5. The molecular weight excluding hydrogens is 248 g/mol. The molecule has 0 aliphatic heterocycles. The van der Waals surface area contributed by atoms with Gasteiger partial charge in [0.2, 0.25) is 5.82 Å². The number of hydrogen-bond acceptors (Lipinski definition) is 2. The Morgan fingerprint density at radius 1 is 1.06 bits per heavy atom. The lowest BCUT2D eigenvalue weighted by molar-refractivity contribution is 0.418. The van der Waals surface area contributed by atoms with Gasteiger partial charge in [-0.05, 0) is 24.3 Å². The molecule has 2 nitrogen and oxygen atoms in total. The first-order chi connectivity index (χ1) is 8.09. The van der Waals surface area contributed by atoms with Crippen molar-refractivity contribution in [3.05, 3.63) is 53.1 Å². The summed E-state index contributed by atoms with van der Waals surface area (Å²) >= 11 is 5.84. The third-order valence-corrected chi connectivity index (χ3v) is 2.44. The Kier molecular flexibility index (Phi) is 3.15. The predicted molar refractivity (Wildman–Crippen MR) is 62.3 cm³/mol. The number of halogens is 3. The number of anilines is 1. The zero-order valence-corrected chi connectivity index (χ0v) is 9.34. The number of rotatable bonds is 2. The molecular formula is C12H8ClF2NO. The second-order valence-electron chi connectivity index (χ2n) is 3.31. The maximum atomic E-state index is 13.5. The number of hydrogen-bond donors (Lipinski definition) is 1. The summed E-state index contributed by atoms with van der Waals surface area (Å²) in [6, 6.07) is 8.63. The summed E-state index contributed by atoms with van der Waals surface area (Å²) in [5.74, 6) is -2.31. The summed E-state index contributed by atoms with van der Waals surface area (Å²) in [5, 5.41) is 0.288. The molecule has 0 spiro atoms. The lowest BCUT2D eigenvalue weighted by Crippen LogP contribution is -1.98. The summed E-state index contributed by atoms with van der Waals surface area (Å²) in [6.07, 6.45) is 0. The van der Waals surface area contributed by atoms with Crippen LogP contribution in [0.4, 0.5) is 14.5 Å². The van der Waals surface area contributed by atoms with E-state index in [-0.39, 0.29) is 22.2 Å². The Balaban J connectivity index is 2.43. The van der Waals surface area contributed by atoms with Crippen molar-refractivity contribution in [3.63, 3.8) is 0 Å². The summed E-state index contributed by atoms with van der Waals surface area (Å²) in [7, 11) is 0. The molecule has 0 aliphatic carbocycles. The fourth-order valence-corrected chi connectivity index (χ4v) is 1.46. The van der Waals surface area contributed by atoms with Gasteiger partial charge in [-0.15, -0.1) is 0 Å². The predicted octanol–water partition coefficient (Wildman–Crippen LogP) is 3.99. The van der Waals surface area contributed by atoms with E-state index in [0.717, 1.165) is 6.07 Å². The van der Waals surface area contributed by atoms with E-state index in [2.05, 4.69) is 0 Å². The Morgan fingerprint density at radius 3 is 2.47 bits per heavy atom. The van der Waals surface area contributed by atoms with Crippen LogP contribution in [-0.4, -0.2) is 0 Å². The summed E-state index contributed by atoms with van der Waals surface area (Å²) in [5.41, 5.74) is 5.52. The largest absolute Gasteiger partial charge is 0.450 e. The van der Waals surface area contributed by atoms with E-state index in [1.54, 1.807) is 18.2 Å². The van der Waals surface area contributed by atoms with Gasteiger partial charge >= 0.3 is 0 Å². The van der Waals surface area contributed by atoms with E-state index in [0.29, 0.717) is 0 Å². The molecule has 0 radical (unpaired) electrons. The van der Waals surface area contributed by atoms with E-state index in [1.807, 2.05) is 0 Å². The van der Waals surface area contributed by atoms with Gasteiger partial charge in [0.1, 0.15) is 5.75 Å². The molecule has 2 N–H and O–H groups in total. The minimum absolute atomic E-state index is 0.00354. The molecule has 0 aromatic heterocycles. The fraction of sp³-hybridized carbons (Fsp3) is 0. The molecule has 0 bridgehead atoms. The summed E-state index contributed by atoms with van der Waals surface area (Å²) in [4.78, 5) is 0. The van der Waals surface area contributed by atoms with Crippen LogP contribution in [0.3, 0.4) is 0 Å². The molecule has 0 saturated heterocycles. The minimum Gasteiger partial charge on any atom is -0.450 e. The molecule has 17 heavy (non-hydrogen) atoms. The molecule has 0 fully saturated rings. The van der Waals surface area contributed by atoms with E-state index in [9.17, 15) is 8.78 Å².